The molecule has 2 aliphatic rings. The van der Waals surface area contributed by atoms with Gasteiger partial charge in [0.25, 0.3) is 0 Å². The molecule has 1 N–H and O–H groups in total. The Hall–Kier alpha value is -0.480. The molecule has 2 heterocycles. The third kappa shape index (κ3) is 2.84. The van der Waals surface area contributed by atoms with E-state index in [0.717, 1.165) is 30.8 Å². The molecule has 0 bridgehead atoms. The first-order chi connectivity index (χ1) is 9.13. The van der Waals surface area contributed by atoms with Gasteiger partial charge in [-0.2, -0.15) is 0 Å². The van der Waals surface area contributed by atoms with Crippen LogP contribution in [0, 0.1) is 0 Å². The Morgan fingerprint density at radius 1 is 1.32 bits per heavy atom. The van der Waals surface area contributed by atoms with Gasteiger partial charge in [-0.05, 0) is 32.1 Å². The van der Waals surface area contributed by atoms with E-state index in [-0.39, 0.29) is 6.04 Å². The van der Waals surface area contributed by atoms with Crippen molar-refractivity contribution >= 4 is 23.2 Å². The maximum atomic E-state index is 6.21. The molecule has 104 valence electrons. The molecule has 1 aromatic carbocycles. The van der Waals surface area contributed by atoms with E-state index in [2.05, 4.69) is 17.3 Å². The first kappa shape index (κ1) is 13.5. The van der Waals surface area contributed by atoms with Crippen molar-refractivity contribution in [2.75, 3.05) is 26.7 Å². The Balaban J connectivity index is 1.82. The third-order valence-electron chi connectivity index (χ3n) is 3.89. The van der Waals surface area contributed by atoms with Crippen molar-refractivity contribution in [3.05, 3.63) is 27.7 Å². The number of hydrogen-bond acceptors (Lipinski definition) is 3. The van der Waals surface area contributed by atoms with Crippen molar-refractivity contribution in [1.29, 1.82) is 0 Å². The van der Waals surface area contributed by atoms with Crippen LogP contribution in [0.2, 0.25) is 10.0 Å². The van der Waals surface area contributed by atoms with Gasteiger partial charge in [0.1, 0.15) is 5.75 Å². The fraction of sp³-hybridized carbons (Fsp3) is 0.571. The molecule has 3 nitrogen and oxygen atoms in total. The van der Waals surface area contributed by atoms with E-state index in [4.69, 9.17) is 27.9 Å². The topological polar surface area (TPSA) is 24.5 Å². The molecule has 2 aliphatic heterocycles. The number of likely N-dealkylation sites (tertiary alicyclic amines) is 1. The summed E-state index contributed by atoms with van der Waals surface area (Å²) >= 11 is 12.3. The van der Waals surface area contributed by atoms with Crippen LogP contribution in [0.25, 0.3) is 0 Å². The van der Waals surface area contributed by atoms with Crippen molar-refractivity contribution in [2.45, 2.75) is 24.9 Å². The largest absolute Gasteiger partial charge is 0.492 e. The van der Waals surface area contributed by atoms with E-state index in [0.29, 0.717) is 22.7 Å². The lowest BCUT2D eigenvalue weighted by Gasteiger charge is -2.30. The quantitative estimate of drug-likeness (QED) is 0.908. The zero-order chi connectivity index (χ0) is 13.4. The Labute approximate surface area is 123 Å². The van der Waals surface area contributed by atoms with Gasteiger partial charge in [0.15, 0.2) is 0 Å². The van der Waals surface area contributed by atoms with Crippen LogP contribution in [-0.2, 0) is 0 Å². The standard InChI is InChI=1S/C14H18Cl2N2O/c1-18-4-2-10(8-18)17-13-3-5-19-14-11(13)6-9(15)7-12(14)16/h6-7,10,13,17H,2-5,8H2,1H3. The van der Waals surface area contributed by atoms with Gasteiger partial charge in [0.2, 0.25) is 0 Å². The van der Waals surface area contributed by atoms with E-state index in [1.165, 1.54) is 6.42 Å². The fourth-order valence-corrected chi connectivity index (χ4v) is 3.52. The van der Waals surface area contributed by atoms with E-state index in [1.54, 1.807) is 6.07 Å². The number of nitrogens with zero attached hydrogens (tertiary/aromatic N) is 1. The van der Waals surface area contributed by atoms with Gasteiger partial charge in [-0.1, -0.05) is 23.2 Å². The van der Waals surface area contributed by atoms with Crippen molar-refractivity contribution in [3.63, 3.8) is 0 Å². The molecule has 1 saturated heterocycles. The second-order valence-corrected chi connectivity index (χ2v) is 6.25. The van der Waals surface area contributed by atoms with Crippen LogP contribution in [0.4, 0.5) is 0 Å². The molecule has 5 heteroatoms. The van der Waals surface area contributed by atoms with E-state index in [9.17, 15) is 0 Å². The molecule has 0 radical (unpaired) electrons. The Morgan fingerprint density at radius 3 is 2.89 bits per heavy atom. The molecule has 19 heavy (non-hydrogen) atoms. The van der Waals surface area contributed by atoms with Crippen molar-refractivity contribution < 1.29 is 4.74 Å². The first-order valence-electron chi connectivity index (χ1n) is 6.70. The minimum absolute atomic E-state index is 0.288. The van der Waals surface area contributed by atoms with Crippen LogP contribution in [0.5, 0.6) is 5.75 Å². The average molecular weight is 301 g/mol. The second-order valence-electron chi connectivity index (χ2n) is 5.41. The Morgan fingerprint density at radius 2 is 2.16 bits per heavy atom. The SMILES string of the molecule is CN1CCC(NC2CCOc3c(Cl)cc(Cl)cc32)C1. The summed E-state index contributed by atoms with van der Waals surface area (Å²) in [7, 11) is 2.16. The van der Waals surface area contributed by atoms with Gasteiger partial charge in [-0.15, -0.1) is 0 Å². The van der Waals surface area contributed by atoms with Crippen LogP contribution < -0.4 is 10.1 Å². The summed E-state index contributed by atoms with van der Waals surface area (Å²) in [6.45, 7) is 2.96. The van der Waals surface area contributed by atoms with Crippen LogP contribution in [0.1, 0.15) is 24.4 Å². The predicted octanol–water partition coefficient (Wildman–Crippen LogP) is 3.11. The van der Waals surface area contributed by atoms with Crippen molar-refractivity contribution in [2.24, 2.45) is 0 Å². The highest BCUT2D eigenvalue weighted by Crippen LogP contribution is 2.40. The van der Waals surface area contributed by atoms with Gasteiger partial charge in [0.05, 0.1) is 11.6 Å². The van der Waals surface area contributed by atoms with Gasteiger partial charge in [-0.25, -0.2) is 0 Å². The number of hydrogen-bond donors (Lipinski definition) is 1. The second kappa shape index (κ2) is 5.49. The smallest absolute Gasteiger partial charge is 0.142 e. The van der Waals surface area contributed by atoms with Crippen LogP contribution in [-0.4, -0.2) is 37.7 Å². The molecular formula is C14H18Cl2N2O. The molecule has 0 amide bonds. The molecule has 0 saturated carbocycles. The van der Waals surface area contributed by atoms with Gasteiger partial charge < -0.3 is 15.0 Å². The highest BCUT2D eigenvalue weighted by molar-refractivity contribution is 6.35. The maximum absolute atomic E-state index is 6.21. The molecular weight excluding hydrogens is 283 g/mol. The molecule has 0 aliphatic carbocycles. The zero-order valence-corrected chi connectivity index (χ0v) is 12.5. The number of ether oxygens (including phenoxy) is 1. The van der Waals surface area contributed by atoms with Gasteiger partial charge in [0, 0.05) is 35.6 Å². The summed E-state index contributed by atoms with van der Waals surface area (Å²) in [5, 5.41) is 5.00. The molecule has 1 fully saturated rings. The van der Waals surface area contributed by atoms with Crippen LogP contribution in [0.3, 0.4) is 0 Å². The molecule has 2 unspecified atom stereocenters. The first-order valence-corrected chi connectivity index (χ1v) is 7.45. The van der Waals surface area contributed by atoms with Gasteiger partial charge >= 0.3 is 0 Å². The molecule has 0 aromatic heterocycles. The number of rotatable bonds is 2. The maximum Gasteiger partial charge on any atom is 0.142 e. The summed E-state index contributed by atoms with van der Waals surface area (Å²) in [5.74, 6) is 0.793. The lowest BCUT2D eigenvalue weighted by molar-refractivity contribution is 0.243. The summed E-state index contributed by atoms with van der Waals surface area (Å²) in [6.07, 6.45) is 2.15. The minimum atomic E-state index is 0.288. The minimum Gasteiger partial charge on any atom is -0.492 e. The molecule has 3 rings (SSSR count). The molecule has 1 aromatic rings. The summed E-state index contributed by atoms with van der Waals surface area (Å²) in [5.41, 5.74) is 1.10. The van der Waals surface area contributed by atoms with Crippen LogP contribution in [0.15, 0.2) is 12.1 Å². The van der Waals surface area contributed by atoms with E-state index < -0.39 is 0 Å². The number of benzene rings is 1. The number of likely N-dealkylation sites (N-methyl/N-ethyl adjacent to an activating group) is 1. The number of nitrogens with one attached hydrogen (secondary N) is 1. The Kier molecular flexibility index (Phi) is 3.90. The predicted molar refractivity (Wildman–Crippen MR) is 78.4 cm³/mol. The molecule has 2 atom stereocenters. The number of halogens is 2. The third-order valence-corrected chi connectivity index (χ3v) is 4.39. The summed E-state index contributed by atoms with van der Waals surface area (Å²) < 4.78 is 5.68. The van der Waals surface area contributed by atoms with Gasteiger partial charge in [-0.3, -0.25) is 0 Å². The van der Waals surface area contributed by atoms with E-state index >= 15 is 0 Å². The fourth-order valence-electron chi connectivity index (χ4n) is 2.95. The Bertz CT molecular complexity index is 481. The molecule has 0 spiro atoms. The normalized spacial score (nSPS) is 27.1. The number of fused-ring (bicyclic) bond motifs is 1. The zero-order valence-electron chi connectivity index (χ0n) is 11.0. The summed E-state index contributed by atoms with van der Waals surface area (Å²) in [6, 6.07) is 4.54. The lowest BCUT2D eigenvalue weighted by Crippen LogP contribution is -2.37. The average Bonchev–Trinajstić information content (AvgIpc) is 2.76. The van der Waals surface area contributed by atoms with E-state index in [1.807, 2.05) is 6.07 Å². The highest BCUT2D eigenvalue weighted by Gasteiger charge is 2.28. The van der Waals surface area contributed by atoms with Crippen molar-refractivity contribution in [3.8, 4) is 5.75 Å². The summed E-state index contributed by atoms with van der Waals surface area (Å²) in [4.78, 5) is 2.35. The van der Waals surface area contributed by atoms with Crippen molar-refractivity contribution in [1.82, 2.24) is 10.2 Å². The monoisotopic (exact) mass is 300 g/mol. The lowest BCUT2D eigenvalue weighted by atomic mass is 9.99. The van der Waals surface area contributed by atoms with Crippen LogP contribution >= 0.6 is 23.2 Å². The highest BCUT2D eigenvalue weighted by atomic mass is 35.5.